The van der Waals surface area contributed by atoms with E-state index in [9.17, 15) is 31.1 Å². The number of hydrogen-bond donors (Lipinski definition) is 2. The van der Waals surface area contributed by atoms with Gasteiger partial charge in [0.05, 0.1) is 38.2 Å². The van der Waals surface area contributed by atoms with Crippen LogP contribution in [0.2, 0.25) is 0 Å². The van der Waals surface area contributed by atoms with Gasteiger partial charge in [0.25, 0.3) is 0 Å². The van der Waals surface area contributed by atoms with Gasteiger partial charge in [0.1, 0.15) is 0 Å². The maximum atomic E-state index is 13.0. The second-order valence-corrected chi connectivity index (χ2v) is 7.68. The largest absolute Gasteiger partial charge is 0.493 e. The van der Waals surface area contributed by atoms with Crippen LogP contribution in [0, 0.1) is 0 Å². The topological polar surface area (TPSA) is 81.7 Å². The Bertz CT molecular complexity index is 1170. The van der Waals surface area contributed by atoms with Gasteiger partial charge in [-0.1, -0.05) is 0 Å². The molecule has 0 aliphatic heterocycles. The fourth-order valence-electron chi connectivity index (χ4n) is 2.98. The van der Waals surface area contributed by atoms with Crippen molar-refractivity contribution < 1.29 is 45.3 Å². The molecule has 7 nitrogen and oxygen atoms in total. The maximum Gasteiger partial charge on any atom is 0.416 e. The average molecular weight is 521 g/mol. The van der Waals surface area contributed by atoms with Gasteiger partial charge in [0, 0.05) is 16.6 Å². The van der Waals surface area contributed by atoms with Crippen LogP contribution in [0.4, 0.5) is 42.0 Å². The number of carbonyl (C=O) groups is 1. The fraction of sp³-hybridized carbons (Fsp3) is 0.238. The lowest BCUT2D eigenvalue weighted by Gasteiger charge is -2.14. The van der Waals surface area contributed by atoms with E-state index in [4.69, 9.17) is 14.2 Å². The Morgan fingerprint density at radius 1 is 0.829 bits per heavy atom. The summed E-state index contributed by atoms with van der Waals surface area (Å²) < 4.78 is 93.9. The Morgan fingerprint density at radius 2 is 1.37 bits per heavy atom. The van der Waals surface area contributed by atoms with Crippen molar-refractivity contribution in [1.82, 2.24) is 4.98 Å². The van der Waals surface area contributed by atoms with Crippen LogP contribution < -0.4 is 24.8 Å². The zero-order chi connectivity index (χ0) is 26.0. The molecule has 0 spiro atoms. The lowest BCUT2D eigenvalue weighted by molar-refractivity contribution is -0.143. The summed E-state index contributed by atoms with van der Waals surface area (Å²) in [6.07, 6.45) is -10.1. The van der Waals surface area contributed by atoms with Crippen LogP contribution >= 0.6 is 11.3 Å². The lowest BCUT2D eigenvalue weighted by atomic mass is 10.1. The first kappa shape index (κ1) is 25.9. The summed E-state index contributed by atoms with van der Waals surface area (Å²) >= 11 is 0.979. The maximum absolute atomic E-state index is 13.0. The van der Waals surface area contributed by atoms with Crippen molar-refractivity contribution in [3.05, 3.63) is 46.8 Å². The monoisotopic (exact) mass is 521 g/mol. The highest BCUT2D eigenvalue weighted by Crippen LogP contribution is 2.42. The average Bonchev–Trinajstić information content (AvgIpc) is 3.24. The Hall–Kier alpha value is -3.68. The first-order chi connectivity index (χ1) is 16.3. The summed E-state index contributed by atoms with van der Waals surface area (Å²) in [6.45, 7) is 0. The number of hydrogen-bond acceptors (Lipinski definition) is 6. The summed E-state index contributed by atoms with van der Waals surface area (Å²) in [7, 11) is 4.29. The Kier molecular flexibility index (Phi) is 7.33. The molecule has 0 aliphatic rings. The SMILES string of the molecule is COc1cc(-c2csc(NC(=O)Nc3cc(C(F)(F)F)cc(C(F)(F)F)c3)n2)cc(OC)c1OC. The summed E-state index contributed by atoms with van der Waals surface area (Å²) in [5.74, 6) is 1.06. The molecule has 14 heteroatoms. The summed E-state index contributed by atoms with van der Waals surface area (Å²) in [5, 5.41) is 5.87. The van der Waals surface area contributed by atoms with Gasteiger partial charge in [-0.25, -0.2) is 9.78 Å². The molecule has 0 atom stereocenters. The number of nitrogens with zero attached hydrogens (tertiary/aromatic N) is 1. The molecule has 2 aromatic carbocycles. The van der Waals surface area contributed by atoms with Crippen LogP contribution in [-0.2, 0) is 12.4 Å². The molecule has 35 heavy (non-hydrogen) atoms. The smallest absolute Gasteiger partial charge is 0.416 e. The first-order valence-corrected chi connectivity index (χ1v) is 10.4. The number of anilines is 2. The van der Waals surface area contributed by atoms with Gasteiger partial charge >= 0.3 is 18.4 Å². The van der Waals surface area contributed by atoms with E-state index in [-0.39, 0.29) is 11.2 Å². The molecule has 0 unspecified atom stereocenters. The van der Waals surface area contributed by atoms with E-state index < -0.39 is 35.2 Å². The Labute approximate surface area is 198 Å². The Balaban J connectivity index is 1.82. The number of rotatable bonds is 6. The molecule has 3 aromatic rings. The molecule has 0 saturated heterocycles. The highest BCUT2D eigenvalue weighted by molar-refractivity contribution is 7.14. The molecule has 0 radical (unpaired) electrons. The van der Waals surface area contributed by atoms with Crippen LogP contribution in [0.5, 0.6) is 17.2 Å². The molecule has 0 fully saturated rings. The van der Waals surface area contributed by atoms with Crippen molar-refractivity contribution in [3.63, 3.8) is 0 Å². The molecule has 0 aliphatic carbocycles. The molecule has 0 bridgehead atoms. The number of carbonyl (C=O) groups excluding carboxylic acids is 1. The van der Waals surface area contributed by atoms with Crippen LogP contribution in [0.25, 0.3) is 11.3 Å². The number of halogens is 6. The summed E-state index contributed by atoms with van der Waals surface area (Å²) in [6, 6.07) is 2.91. The molecule has 1 heterocycles. The van der Waals surface area contributed by atoms with E-state index in [2.05, 4.69) is 10.3 Å². The molecular formula is C21H17F6N3O4S. The van der Waals surface area contributed by atoms with Crippen molar-refractivity contribution in [1.29, 1.82) is 0 Å². The van der Waals surface area contributed by atoms with Crippen molar-refractivity contribution in [2.75, 3.05) is 32.0 Å². The number of urea groups is 1. The van der Waals surface area contributed by atoms with E-state index >= 15 is 0 Å². The third kappa shape index (κ3) is 6.07. The molecule has 1 aromatic heterocycles. The van der Waals surface area contributed by atoms with Gasteiger partial charge in [0.15, 0.2) is 16.6 Å². The van der Waals surface area contributed by atoms with Gasteiger partial charge in [0.2, 0.25) is 5.75 Å². The van der Waals surface area contributed by atoms with Gasteiger partial charge in [-0.15, -0.1) is 11.3 Å². The lowest BCUT2D eigenvalue weighted by Crippen LogP contribution is -2.20. The summed E-state index contributed by atoms with van der Waals surface area (Å²) in [5.41, 5.74) is -2.87. The minimum atomic E-state index is -5.04. The highest BCUT2D eigenvalue weighted by atomic mass is 32.1. The van der Waals surface area contributed by atoms with E-state index in [0.29, 0.717) is 40.6 Å². The normalized spacial score (nSPS) is 11.7. The number of ether oxygens (including phenoxy) is 3. The molecule has 188 valence electrons. The van der Waals surface area contributed by atoms with Crippen LogP contribution in [0.1, 0.15) is 11.1 Å². The number of aromatic nitrogens is 1. The Morgan fingerprint density at radius 3 is 1.83 bits per heavy atom. The van der Waals surface area contributed by atoms with Crippen LogP contribution in [-0.4, -0.2) is 32.3 Å². The second-order valence-electron chi connectivity index (χ2n) is 6.83. The number of amides is 2. The molecule has 0 saturated carbocycles. The van der Waals surface area contributed by atoms with Crippen molar-refractivity contribution >= 4 is 28.2 Å². The number of benzene rings is 2. The zero-order valence-electron chi connectivity index (χ0n) is 18.2. The molecule has 2 N–H and O–H groups in total. The summed E-state index contributed by atoms with van der Waals surface area (Å²) in [4.78, 5) is 16.5. The number of alkyl halides is 6. The third-order valence-corrected chi connectivity index (χ3v) is 5.29. The number of thiazole rings is 1. The van der Waals surface area contributed by atoms with Crippen molar-refractivity contribution in [2.45, 2.75) is 12.4 Å². The standard InChI is InChI=1S/C21H17F6N3O4S/c1-32-15-4-10(5-16(33-2)17(15)34-3)14-9-35-19(29-14)30-18(31)28-13-7-11(20(22,23)24)6-12(8-13)21(25,26)27/h4-9H,1-3H3,(H2,28,29,30,31). The molecule has 2 amide bonds. The van der Waals surface area contributed by atoms with Crippen LogP contribution in [0.15, 0.2) is 35.7 Å². The number of nitrogens with one attached hydrogen (secondary N) is 2. The predicted molar refractivity (Wildman–Crippen MR) is 116 cm³/mol. The van der Waals surface area contributed by atoms with Gasteiger partial charge < -0.3 is 19.5 Å². The quantitative estimate of drug-likeness (QED) is 0.361. The minimum absolute atomic E-state index is 0.0341. The minimum Gasteiger partial charge on any atom is -0.493 e. The van der Waals surface area contributed by atoms with Gasteiger partial charge in [-0.05, 0) is 30.3 Å². The fourth-order valence-corrected chi connectivity index (χ4v) is 3.69. The first-order valence-electron chi connectivity index (χ1n) is 9.49. The third-order valence-electron chi connectivity index (χ3n) is 4.53. The van der Waals surface area contributed by atoms with E-state index in [1.165, 1.54) is 21.3 Å². The van der Waals surface area contributed by atoms with E-state index in [0.717, 1.165) is 11.3 Å². The van der Waals surface area contributed by atoms with E-state index in [1.54, 1.807) is 17.5 Å². The van der Waals surface area contributed by atoms with E-state index in [1.807, 2.05) is 5.32 Å². The van der Waals surface area contributed by atoms with Crippen LogP contribution in [0.3, 0.4) is 0 Å². The van der Waals surface area contributed by atoms with Gasteiger partial charge in [-0.2, -0.15) is 26.3 Å². The molecule has 3 rings (SSSR count). The number of methoxy groups -OCH3 is 3. The second kappa shape index (κ2) is 9.90. The van der Waals surface area contributed by atoms with Crippen molar-refractivity contribution in [3.8, 4) is 28.5 Å². The zero-order valence-corrected chi connectivity index (χ0v) is 19.0. The predicted octanol–water partition coefficient (Wildman–Crippen LogP) is 6.52. The van der Waals surface area contributed by atoms with Gasteiger partial charge in [-0.3, -0.25) is 5.32 Å². The van der Waals surface area contributed by atoms with Crippen molar-refractivity contribution in [2.24, 2.45) is 0 Å². The molecular weight excluding hydrogens is 504 g/mol. The highest BCUT2D eigenvalue weighted by Gasteiger charge is 2.37.